The van der Waals surface area contributed by atoms with E-state index in [2.05, 4.69) is 4.98 Å². The van der Waals surface area contributed by atoms with Crippen LogP contribution >= 0.6 is 0 Å². The molecule has 1 aromatic heterocycles. The highest BCUT2D eigenvalue weighted by Gasteiger charge is 2.17. The summed E-state index contributed by atoms with van der Waals surface area (Å²) in [5, 5.41) is 18.2. The number of benzene rings is 1. The lowest BCUT2D eigenvalue weighted by Crippen LogP contribution is -2.09. The van der Waals surface area contributed by atoms with Crippen LogP contribution in [0.3, 0.4) is 0 Å². The highest BCUT2D eigenvalue weighted by Crippen LogP contribution is 2.17. The van der Waals surface area contributed by atoms with Gasteiger partial charge in [0.25, 0.3) is 0 Å². The van der Waals surface area contributed by atoms with Gasteiger partial charge in [-0.3, -0.25) is 0 Å². The van der Waals surface area contributed by atoms with Crippen LogP contribution in [-0.4, -0.2) is 27.1 Å². The highest BCUT2D eigenvalue weighted by atomic mass is 16.4. The Labute approximate surface area is 114 Å². The zero-order valence-electron chi connectivity index (χ0n) is 10.4. The molecule has 0 unspecified atom stereocenters. The molecule has 0 bridgehead atoms. The van der Waals surface area contributed by atoms with Crippen molar-refractivity contribution in [2.45, 2.75) is 0 Å². The Morgan fingerprint density at radius 1 is 0.950 bits per heavy atom. The molecule has 2 N–H and O–H groups in total. The summed E-state index contributed by atoms with van der Waals surface area (Å²) in [6.07, 6.45) is 4.28. The van der Waals surface area contributed by atoms with E-state index in [0.717, 1.165) is 5.56 Å². The predicted molar refractivity (Wildman–Crippen MR) is 73.5 cm³/mol. The molecule has 5 nitrogen and oxygen atoms in total. The third-order valence-corrected chi connectivity index (χ3v) is 2.67. The van der Waals surface area contributed by atoms with Gasteiger partial charge >= 0.3 is 11.9 Å². The Bertz CT molecular complexity index is 645. The number of nitrogens with zero attached hydrogens (tertiary/aromatic N) is 1. The lowest BCUT2D eigenvalue weighted by Gasteiger charge is -2.04. The lowest BCUT2D eigenvalue weighted by atomic mass is 10.0. The van der Waals surface area contributed by atoms with E-state index in [0.29, 0.717) is 0 Å². The number of rotatable bonds is 4. The number of hydrogen-bond donors (Lipinski definition) is 2. The van der Waals surface area contributed by atoms with Crippen molar-refractivity contribution in [3.8, 4) is 0 Å². The average Bonchev–Trinajstić information content (AvgIpc) is 2.45. The van der Waals surface area contributed by atoms with E-state index >= 15 is 0 Å². The first kappa shape index (κ1) is 13.5. The van der Waals surface area contributed by atoms with Crippen LogP contribution in [0, 0.1) is 0 Å². The summed E-state index contributed by atoms with van der Waals surface area (Å²) in [5.41, 5.74) is 0.544. The minimum Gasteiger partial charge on any atom is -0.478 e. The van der Waals surface area contributed by atoms with E-state index in [1.165, 1.54) is 18.3 Å². The standard InChI is InChI=1S/C15H11NO4/c17-14(18)12-8-9-16-13(15(19)20)11(12)7-6-10-4-2-1-3-5-10/h1-9H,(H,17,18)(H,19,20)/b7-6+. The molecular formula is C15H11NO4. The maximum absolute atomic E-state index is 11.2. The predicted octanol–water partition coefficient (Wildman–Crippen LogP) is 2.65. The van der Waals surface area contributed by atoms with Gasteiger partial charge < -0.3 is 10.2 Å². The minimum absolute atomic E-state index is 0.0800. The molecule has 5 heteroatoms. The van der Waals surface area contributed by atoms with E-state index in [9.17, 15) is 9.59 Å². The summed E-state index contributed by atoms with van der Waals surface area (Å²) in [6, 6.07) is 10.5. The van der Waals surface area contributed by atoms with Crippen LogP contribution in [0.2, 0.25) is 0 Å². The van der Waals surface area contributed by atoms with Crippen LogP contribution in [0.5, 0.6) is 0 Å². The van der Waals surface area contributed by atoms with Gasteiger partial charge in [-0.1, -0.05) is 42.5 Å². The molecule has 1 aromatic carbocycles. The van der Waals surface area contributed by atoms with Gasteiger partial charge in [0.05, 0.1) is 5.56 Å². The molecule has 2 rings (SSSR count). The molecule has 2 aromatic rings. The molecule has 1 heterocycles. The van der Waals surface area contributed by atoms with Gasteiger partial charge in [-0.15, -0.1) is 0 Å². The van der Waals surface area contributed by atoms with Crippen molar-refractivity contribution in [3.05, 3.63) is 65.0 Å². The second-order valence-electron chi connectivity index (χ2n) is 3.98. The molecule has 0 radical (unpaired) electrons. The maximum Gasteiger partial charge on any atom is 0.355 e. The van der Waals surface area contributed by atoms with Crippen molar-refractivity contribution < 1.29 is 19.8 Å². The molecule has 0 amide bonds. The second-order valence-corrected chi connectivity index (χ2v) is 3.98. The molecule has 0 fully saturated rings. The van der Waals surface area contributed by atoms with Crippen LogP contribution in [-0.2, 0) is 0 Å². The minimum atomic E-state index is -1.26. The molecule has 0 saturated heterocycles. The van der Waals surface area contributed by atoms with Crippen molar-refractivity contribution in [1.29, 1.82) is 0 Å². The topological polar surface area (TPSA) is 87.5 Å². The smallest absolute Gasteiger partial charge is 0.355 e. The lowest BCUT2D eigenvalue weighted by molar-refractivity contribution is 0.0690. The van der Waals surface area contributed by atoms with Gasteiger partial charge in [0.1, 0.15) is 0 Å². The zero-order valence-corrected chi connectivity index (χ0v) is 10.4. The van der Waals surface area contributed by atoms with Gasteiger partial charge in [-0.2, -0.15) is 0 Å². The molecule has 20 heavy (non-hydrogen) atoms. The normalized spacial score (nSPS) is 10.6. The summed E-state index contributed by atoms with van der Waals surface area (Å²) in [6.45, 7) is 0. The van der Waals surface area contributed by atoms with Crippen molar-refractivity contribution in [2.75, 3.05) is 0 Å². The summed E-state index contributed by atoms with van der Waals surface area (Å²) in [4.78, 5) is 26.0. The Hall–Kier alpha value is -2.95. The summed E-state index contributed by atoms with van der Waals surface area (Å²) in [5.74, 6) is -2.46. The second kappa shape index (κ2) is 5.79. The number of carboxylic acids is 2. The number of carboxylic acid groups (broad SMARTS) is 2. The number of hydrogen-bond acceptors (Lipinski definition) is 3. The van der Waals surface area contributed by atoms with Crippen LogP contribution in [0.25, 0.3) is 12.2 Å². The first-order valence-electron chi connectivity index (χ1n) is 5.78. The number of carbonyl (C=O) groups is 2. The maximum atomic E-state index is 11.2. The molecule has 0 spiro atoms. The molecule has 0 aliphatic carbocycles. The fraction of sp³-hybridized carbons (Fsp3) is 0. The van der Waals surface area contributed by atoms with E-state index in [-0.39, 0.29) is 16.8 Å². The Kier molecular flexibility index (Phi) is 3.91. The van der Waals surface area contributed by atoms with Crippen molar-refractivity contribution in [1.82, 2.24) is 4.98 Å². The summed E-state index contributed by atoms with van der Waals surface area (Å²) < 4.78 is 0. The zero-order chi connectivity index (χ0) is 14.5. The SMILES string of the molecule is O=C(O)c1ccnc(C(=O)O)c1/C=C/c1ccccc1. The molecule has 0 saturated carbocycles. The number of aromatic carboxylic acids is 2. The first-order valence-corrected chi connectivity index (χ1v) is 5.78. The number of pyridine rings is 1. The Morgan fingerprint density at radius 2 is 1.65 bits per heavy atom. The fourth-order valence-electron chi connectivity index (χ4n) is 1.74. The van der Waals surface area contributed by atoms with E-state index < -0.39 is 11.9 Å². The van der Waals surface area contributed by atoms with Gasteiger partial charge in [0.15, 0.2) is 5.69 Å². The first-order chi connectivity index (χ1) is 9.59. The molecule has 0 atom stereocenters. The summed E-state index contributed by atoms with van der Waals surface area (Å²) >= 11 is 0. The van der Waals surface area contributed by atoms with Crippen molar-refractivity contribution in [3.63, 3.8) is 0 Å². The van der Waals surface area contributed by atoms with Gasteiger partial charge in [-0.05, 0) is 11.6 Å². The van der Waals surface area contributed by atoms with Crippen molar-refractivity contribution in [2.24, 2.45) is 0 Å². The van der Waals surface area contributed by atoms with Gasteiger partial charge in [-0.25, -0.2) is 14.6 Å². The quantitative estimate of drug-likeness (QED) is 0.890. The highest BCUT2D eigenvalue weighted by molar-refractivity contribution is 6.00. The fourth-order valence-corrected chi connectivity index (χ4v) is 1.74. The number of aromatic nitrogens is 1. The largest absolute Gasteiger partial charge is 0.478 e. The monoisotopic (exact) mass is 269 g/mol. The van der Waals surface area contributed by atoms with E-state index in [1.807, 2.05) is 30.3 Å². The van der Waals surface area contributed by atoms with Crippen LogP contribution in [0.4, 0.5) is 0 Å². The van der Waals surface area contributed by atoms with Crippen LogP contribution in [0.1, 0.15) is 32.0 Å². The van der Waals surface area contributed by atoms with E-state index in [1.54, 1.807) is 6.08 Å². The molecule has 0 aliphatic heterocycles. The van der Waals surface area contributed by atoms with E-state index in [4.69, 9.17) is 10.2 Å². The third-order valence-electron chi connectivity index (χ3n) is 2.67. The Balaban J connectivity index is 2.51. The Morgan fingerprint density at radius 3 is 2.25 bits per heavy atom. The van der Waals surface area contributed by atoms with Crippen molar-refractivity contribution >= 4 is 24.1 Å². The van der Waals surface area contributed by atoms with Gasteiger partial charge in [0.2, 0.25) is 0 Å². The molecule has 0 aliphatic rings. The molecular weight excluding hydrogens is 258 g/mol. The summed E-state index contributed by atoms with van der Waals surface area (Å²) in [7, 11) is 0. The third kappa shape index (κ3) is 2.89. The average molecular weight is 269 g/mol. The van der Waals surface area contributed by atoms with Gasteiger partial charge in [0, 0.05) is 11.8 Å². The van der Waals surface area contributed by atoms with Crippen LogP contribution < -0.4 is 0 Å². The van der Waals surface area contributed by atoms with Crippen LogP contribution in [0.15, 0.2) is 42.6 Å². The molecule has 100 valence electrons.